The number of hydrogen-bond donors (Lipinski definition) is 0. The highest BCUT2D eigenvalue weighted by Crippen LogP contribution is 2.18. The Morgan fingerprint density at radius 3 is 2.64 bits per heavy atom. The molecule has 0 bridgehead atoms. The highest BCUT2D eigenvalue weighted by atomic mass is 16.7. The Kier molecular flexibility index (Phi) is 2.49. The molecular formula is C8H15NO2. The van der Waals surface area contributed by atoms with Gasteiger partial charge in [0.1, 0.15) is 0 Å². The van der Waals surface area contributed by atoms with Gasteiger partial charge in [-0.2, -0.15) is 0 Å². The minimum atomic E-state index is 0.0968. The van der Waals surface area contributed by atoms with Crippen molar-refractivity contribution in [2.24, 2.45) is 0 Å². The number of rotatable bonds is 2. The summed E-state index contributed by atoms with van der Waals surface area (Å²) in [5, 5.41) is 1.50. The first kappa shape index (κ1) is 8.53. The second kappa shape index (κ2) is 3.22. The SMILES string of the molecule is CC(C)ON1C(=O)CC[C@H]1C. The molecule has 0 N–H and O–H groups in total. The van der Waals surface area contributed by atoms with Crippen LogP contribution in [0.15, 0.2) is 0 Å². The number of amides is 1. The molecule has 0 unspecified atom stereocenters. The fourth-order valence-corrected chi connectivity index (χ4v) is 1.20. The van der Waals surface area contributed by atoms with Gasteiger partial charge in [-0.05, 0) is 27.2 Å². The first-order valence-corrected chi connectivity index (χ1v) is 4.10. The van der Waals surface area contributed by atoms with E-state index in [0.29, 0.717) is 6.42 Å². The Labute approximate surface area is 67.3 Å². The largest absolute Gasteiger partial charge is 0.273 e. The smallest absolute Gasteiger partial charge is 0.246 e. The molecule has 3 nitrogen and oxygen atoms in total. The van der Waals surface area contributed by atoms with Gasteiger partial charge in [-0.3, -0.25) is 9.63 Å². The number of hydroxylamine groups is 2. The van der Waals surface area contributed by atoms with Gasteiger partial charge < -0.3 is 0 Å². The van der Waals surface area contributed by atoms with E-state index in [-0.39, 0.29) is 18.1 Å². The summed E-state index contributed by atoms with van der Waals surface area (Å²) in [5.41, 5.74) is 0. The van der Waals surface area contributed by atoms with E-state index in [1.165, 1.54) is 5.06 Å². The minimum absolute atomic E-state index is 0.0968. The van der Waals surface area contributed by atoms with E-state index < -0.39 is 0 Å². The van der Waals surface area contributed by atoms with Gasteiger partial charge in [-0.25, -0.2) is 5.06 Å². The molecule has 0 aromatic carbocycles. The molecule has 11 heavy (non-hydrogen) atoms. The Morgan fingerprint density at radius 1 is 1.64 bits per heavy atom. The topological polar surface area (TPSA) is 29.5 Å². The number of carbonyl (C=O) groups excluding carboxylic acids is 1. The predicted molar refractivity (Wildman–Crippen MR) is 41.8 cm³/mol. The third-order valence-corrected chi connectivity index (χ3v) is 1.75. The lowest BCUT2D eigenvalue weighted by atomic mass is 10.3. The quantitative estimate of drug-likeness (QED) is 0.605. The third-order valence-electron chi connectivity index (χ3n) is 1.75. The molecule has 1 amide bonds. The Morgan fingerprint density at radius 2 is 2.27 bits per heavy atom. The van der Waals surface area contributed by atoms with Crippen LogP contribution in [0.5, 0.6) is 0 Å². The molecule has 0 saturated carbocycles. The second-order valence-corrected chi connectivity index (χ2v) is 3.26. The van der Waals surface area contributed by atoms with Crippen LogP contribution in [0.4, 0.5) is 0 Å². The lowest BCUT2D eigenvalue weighted by Gasteiger charge is -2.22. The normalized spacial score (nSPS) is 25.3. The fourth-order valence-electron chi connectivity index (χ4n) is 1.20. The standard InChI is InChI=1S/C8H15NO2/c1-6(2)11-9-7(3)4-5-8(9)10/h6-7H,4-5H2,1-3H3/t7-/m1/s1. The van der Waals surface area contributed by atoms with Crippen molar-refractivity contribution in [1.29, 1.82) is 0 Å². The van der Waals surface area contributed by atoms with Crippen LogP contribution in [0.25, 0.3) is 0 Å². The minimum Gasteiger partial charge on any atom is -0.273 e. The van der Waals surface area contributed by atoms with E-state index in [0.717, 1.165) is 6.42 Å². The Bertz CT molecular complexity index is 156. The summed E-state index contributed by atoms with van der Waals surface area (Å²) in [6.07, 6.45) is 1.65. The van der Waals surface area contributed by atoms with Gasteiger partial charge in [0.15, 0.2) is 0 Å². The molecule has 0 aromatic rings. The van der Waals surface area contributed by atoms with Crippen LogP contribution >= 0.6 is 0 Å². The average Bonchev–Trinajstić information content (AvgIpc) is 2.18. The lowest BCUT2D eigenvalue weighted by molar-refractivity contribution is -0.202. The molecule has 1 saturated heterocycles. The number of nitrogens with zero attached hydrogens (tertiary/aromatic N) is 1. The molecule has 0 aromatic heterocycles. The van der Waals surface area contributed by atoms with Crippen molar-refractivity contribution in [3.05, 3.63) is 0 Å². The molecule has 1 rings (SSSR count). The van der Waals surface area contributed by atoms with E-state index in [2.05, 4.69) is 0 Å². The molecule has 1 fully saturated rings. The van der Waals surface area contributed by atoms with Gasteiger partial charge >= 0.3 is 0 Å². The first-order chi connectivity index (χ1) is 5.11. The van der Waals surface area contributed by atoms with Gasteiger partial charge in [0.2, 0.25) is 5.91 Å². The van der Waals surface area contributed by atoms with Crippen LogP contribution in [-0.2, 0) is 9.63 Å². The van der Waals surface area contributed by atoms with E-state index in [1.54, 1.807) is 0 Å². The predicted octanol–water partition coefficient (Wildman–Crippen LogP) is 1.34. The summed E-state index contributed by atoms with van der Waals surface area (Å²) in [7, 11) is 0. The zero-order valence-electron chi connectivity index (χ0n) is 7.33. The molecule has 3 heteroatoms. The molecule has 0 radical (unpaired) electrons. The zero-order chi connectivity index (χ0) is 8.43. The van der Waals surface area contributed by atoms with Crippen LogP contribution in [0.2, 0.25) is 0 Å². The van der Waals surface area contributed by atoms with Crippen molar-refractivity contribution in [1.82, 2.24) is 5.06 Å². The van der Waals surface area contributed by atoms with Crippen LogP contribution in [-0.4, -0.2) is 23.1 Å². The van der Waals surface area contributed by atoms with Crippen LogP contribution in [0.1, 0.15) is 33.6 Å². The van der Waals surface area contributed by atoms with Crippen molar-refractivity contribution in [3.8, 4) is 0 Å². The summed E-state index contributed by atoms with van der Waals surface area (Å²) in [6, 6.07) is 0.255. The maximum atomic E-state index is 11.1. The van der Waals surface area contributed by atoms with Gasteiger partial charge in [0.05, 0.1) is 12.1 Å². The van der Waals surface area contributed by atoms with E-state index >= 15 is 0 Å². The summed E-state index contributed by atoms with van der Waals surface area (Å²) < 4.78 is 0. The van der Waals surface area contributed by atoms with Gasteiger partial charge in [0.25, 0.3) is 0 Å². The Hall–Kier alpha value is -0.570. The summed E-state index contributed by atoms with van der Waals surface area (Å²) >= 11 is 0. The van der Waals surface area contributed by atoms with Gasteiger partial charge in [-0.1, -0.05) is 0 Å². The molecule has 1 atom stereocenters. The van der Waals surface area contributed by atoms with Crippen LogP contribution < -0.4 is 0 Å². The van der Waals surface area contributed by atoms with Crippen molar-refractivity contribution in [2.75, 3.05) is 0 Å². The van der Waals surface area contributed by atoms with Crippen molar-refractivity contribution in [3.63, 3.8) is 0 Å². The average molecular weight is 157 g/mol. The first-order valence-electron chi connectivity index (χ1n) is 4.10. The molecule has 1 aliphatic heterocycles. The fraction of sp³-hybridized carbons (Fsp3) is 0.875. The van der Waals surface area contributed by atoms with Crippen molar-refractivity contribution < 1.29 is 9.63 Å². The Balaban J connectivity index is 2.48. The third kappa shape index (κ3) is 1.93. The van der Waals surface area contributed by atoms with Gasteiger partial charge in [-0.15, -0.1) is 0 Å². The van der Waals surface area contributed by atoms with Gasteiger partial charge in [0, 0.05) is 6.42 Å². The zero-order valence-corrected chi connectivity index (χ0v) is 7.33. The second-order valence-electron chi connectivity index (χ2n) is 3.26. The summed E-state index contributed by atoms with van der Waals surface area (Å²) in [5.74, 6) is 0.117. The van der Waals surface area contributed by atoms with E-state index in [9.17, 15) is 4.79 Å². The molecule has 0 aliphatic carbocycles. The maximum Gasteiger partial charge on any atom is 0.246 e. The van der Waals surface area contributed by atoms with Crippen molar-refractivity contribution >= 4 is 5.91 Å². The summed E-state index contributed by atoms with van der Waals surface area (Å²) in [4.78, 5) is 16.4. The van der Waals surface area contributed by atoms with Crippen LogP contribution in [0, 0.1) is 0 Å². The molecule has 64 valence electrons. The molecule has 0 spiro atoms. The molecular weight excluding hydrogens is 142 g/mol. The summed E-state index contributed by atoms with van der Waals surface area (Å²) in [6.45, 7) is 5.86. The lowest BCUT2D eigenvalue weighted by Crippen LogP contribution is -2.33. The highest BCUT2D eigenvalue weighted by molar-refractivity contribution is 5.77. The number of hydrogen-bond acceptors (Lipinski definition) is 2. The van der Waals surface area contributed by atoms with Crippen molar-refractivity contribution in [2.45, 2.75) is 45.8 Å². The van der Waals surface area contributed by atoms with E-state index in [1.807, 2.05) is 20.8 Å². The highest BCUT2D eigenvalue weighted by Gasteiger charge is 2.28. The number of carbonyl (C=O) groups is 1. The molecule has 1 heterocycles. The van der Waals surface area contributed by atoms with E-state index in [4.69, 9.17) is 4.84 Å². The maximum absolute atomic E-state index is 11.1. The monoisotopic (exact) mass is 157 g/mol. The molecule has 1 aliphatic rings. The van der Waals surface area contributed by atoms with Crippen LogP contribution in [0.3, 0.4) is 0 Å².